The zero-order valence-electron chi connectivity index (χ0n) is 13.8. The fourth-order valence-electron chi connectivity index (χ4n) is 2.16. The molecule has 4 N–H and O–H groups in total. The first kappa shape index (κ1) is 18.5. The summed E-state index contributed by atoms with van der Waals surface area (Å²) >= 11 is 5.90. The van der Waals surface area contributed by atoms with Crippen LogP contribution in [0.15, 0.2) is 42.5 Å². The Morgan fingerprint density at radius 3 is 2.20 bits per heavy atom. The standard InChI is InChI=1S/C18H18ClN3O3/c1-10(21-14-7-8-16(19)15(9-14)17(20)24)18(25)22-13-5-3-12(4-6-13)11(2)23/h3-10,21H,1-2H3,(H2,20,24)(H,22,25). The van der Waals surface area contributed by atoms with Crippen molar-refractivity contribution >= 4 is 40.6 Å². The molecule has 130 valence electrons. The molecule has 2 rings (SSSR count). The molecule has 0 fully saturated rings. The van der Waals surface area contributed by atoms with Gasteiger partial charge in [-0.3, -0.25) is 14.4 Å². The monoisotopic (exact) mass is 359 g/mol. The Hall–Kier alpha value is -2.86. The summed E-state index contributed by atoms with van der Waals surface area (Å²) in [4.78, 5) is 34.8. The number of hydrogen-bond donors (Lipinski definition) is 3. The predicted octanol–water partition coefficient (Wildman–Crippen LogP) is 3.08. The van der Waals surface area contributed by atoms with Gasteiger partial charge in [0.1, 0.15) is 6.04 Å². The molecule has 0 spiro atoms. The maximum atomic E-state index is 12.3. The first-order valence-corrected chi connectivity index (χ1v) is 7.93. The number of primary amides is 1. The van der Waals surface area contributed by atoms with Crippen molar-refractivity contribution in [1.29, 1.82) is 0 Å². The molecule has 0 radical (unpaired) electrons. The van der Waals surface area contributed by atoms with E-state index >= 15 is 0 Å². The molecule has 1 atom stereocenters. The summed E-state index contributed by atoms with van der Waals surface area (Å²) < 4.78 is 0. The Bertz CT molecular complexity index is 819. The fourth-order valence-corrected chi connectivity index (χ4v) is 2.37. The summed E-state index contributed by atoms with van der Waals surface area (Å²) in [5.41, 5.74) is 7.14. The molecule has 25 heavy (non-hydrogen) atoms. The van der Waals surface area contributed by atoms with E-state index in [-0.39, 0.29) is 22.3 Å². The van der Waals surface area contributed by atoms with Crippen molar-refractivity contribution in [2.45, 2.75) is 19.9 Å². The zero-order valence-corrected chi connectivity index (χ0v) is 14.6. The van der Waals surface area contributed by atoms with Crippen LogP contribution >= 0.6 is 11.6 Å². The summed E-state index contributed by atoms with van der Waals surface area (Å²) in [5.74, 6) is -0.955. The summed E-state index contributed by atoms with van der Waals surface area (Å²) in [7, 11) is 0. The largest absolute Gasteiger partial charge is 0.374 e. The fraction of sp³-hybridized carbons (Fsp3) is 0.167. The molecule has 0 bridgehead atoms. The van der Waals surface area contributed by atoms with E-state index in [9.17, 15) is 14.4 Å². The third kappa shape index (κ3) is 4.81. The van der Waals surface area contributed by atoms with Gasteiger partial charge >= 0.3 is 0 Å². The number of nitrogens with two attached hydrogens (primary N) is 1. The number of anilines is 2. The smallest absolute Gasteiger partial charge is 0.250 e. The molecule has 0 aromatic heterocycles. The quantitative estimate of drug-likeness (QED) is 0.690. The maximum Gasteiger partial charge on any atom is 0.250 e. The summed E-state index contributed by atoms with van der Waals surface area (Å²) in [5, 5.41) is 5.98. The number of hydrogen-bond acceptors (Lipinski definition) is 4. The van der Waals surface area contributed by atoms with E-state index in [0.717, 1.165) is 0 Å². The first-order chi connectivity index (χ1) is 11.8. The Kier molecular flexibility index (Phi) is 5.77. The van der Waals surface area contributed by atoms with Crippen molar-refractivity contribution < 1.29 is 14.4 Å². The van der Waals surface area contributed by atoms with E-state index in [4.69, 9.17) is 17.3 Å². The van der Waals surface area contributed by atoms with Crippen LogP contribution in [0.3, 0.4) is 0 Å². The van der Waals surface area contributed by atoms with E-state index in [1.54, 1.807) is 37.3 Å². The van der Waals surface area contributed by atoms with Crippen LogP contribution in [0.2, 0.25) is 5.02 Å². The van der Waals surface area contributed by atoms with Crippen LogP contribution in [0.4, 0.5) is 11.4 Å². The van der Waals surface area contributed by atoms with Crippen LogP contribution in [0.1, 0.15) is 34.6 Å². The number of halogens is 1. The molecule has 2 aromatic rings. The van der Waals surface area contributed by atoms with Crippen molar-refractivity contribution in [2.24, 2.45) is 5.73 Å². The minimum Gasteiger partial charge on any atom is -0.374 e. The van der Waals surface area contributed by atoms with Crippen molar-refractivity contribution in [3.8, 4) is 0 Å². The van der Waals surface area contributed by atoms with Crippen LogP contribution in [0.5, 0.6) is 0 Å². The second kappa shape index (κ2) is 7.81. The Labute approximate surface area is 150 Å². The van der Waals surface area contributed by atoms with Crippen molar-refractivity contribution in [1.82, 2.24) is 0 Å². The Balaban J connectivity index is 2.04. The second-order valence-corrected chi connectivity index (χ2v) is 5.95. The average molecular weight is 360 g/mol. The lowest BCUT2D eigenvalue weighted by atomic mass is 10.1. The van der Waals surface area contributed by atoms with E-state index in [0.29, 0.717) is 16.9 Å². The summed E-state index contributed by atoms with van der Waals surface area (Å²) in [6.07, 6.45) is 0. The first-order valence-electron chi connectivity index (χ1n) is 7.55. The molecule has 0 aliphatic rings. The number of amides is 2. The molecular weight excluding hydrogens is 342 g/mol. The van der Waals surface area contributed by atoms with Crippen LogP contribution in [0.25, 0.3) is 0 Å². The molecule has 0 aliphatic carbocycles. The molecule has 0 saturated carbocycles. The summed E-state index contributed by atoms with van der Waals surface area (Å²) in [6, 6.07) is 10.7. The normalized spacial score (nSPS) is 11.5. The lowest BCUT2D eigenvalue weighted by Gasteiger charge is -2.16. The average Bonchev–Trinajstić information content (AvgIpc) is 2.56. The van der Waals surface area contributed by atoms with E-state index in [1.807, 2.05) is 0 Å². The van der Waals surface area contributed by atoms with Gasteiger partial charge in [-0.15, -0.1) is 0 Å². The lowest BCUT2D eigenvalue weighted by molar-refractivity contribution is -0.116. The maximum absolute atomic E-state index is 12.3. The van der Waals surface area contributed by atoms with E-state index in [1.165, 1.54) is 19.1 Å². The Morgan fingerprint density at radius 2 is 1.64 bits per heavy atom. The molecule has 0 aliphatic heterocycles. The third-order valence-electron chi connectivity index (χ3n) is 3.57. The summed E-state index contributed by atoms with van der Waals surface area (Å²) in [6.45, 7) is 3.16. The zero-order chi connectivity index (χ0) is 18.6. The second-order valence-electron chi connectivity index (χ2n) is 5.55. The molecule has 2 amide bonds. The van der Waals surface area contributed by atoms with Crippen molar-refractivity contribution in [3.63, 3.8) is 0 Å². The molecule has 2 aromatic carbocycles. The topological polar surface area (TPSA) is 101 Å². The Morgan fingerprint density at radius 1 is 1.04 bits per heavy atom. The van der Waals surface area contributed by atoms with Gasteiger partial charge in [0.05, 0.1) is 10.6 Å². The molecular formula is C18H18ClN3O3. The number of carbonyl (C=O) groups is 3. The van der Waals surface area contributed by atoms with Gasteiger partial charge in [0.15, 0.2) is 5.78 Å². The van der Waals surface area contributed by atoms with Crippen LogP contribution in [-0.2, 0) is 4.79 Å². The molecule has 6 nitrogen and oxygen atoms in total. The SMILES string of the molecule is CC(=O)c1ccc(NC(=O)C(C)Nc2ccc(Cl)c(C(N)=O)c2)cc1. The highest BCUT2D eigenvalue weighted by molar-refractivity contribution is 6.33. The van der Waals surface area contributed by atoms with Crippen molar-refractivity contribution in [2.75, 3.05) is 10.6 Å². The molecule has 7 heteroatoms. The number of nitrogens with one attached hydrogen (secondary N) is 2. The van der Waals surface area contributed by atoms with Gasteiger partial charge in [-0.25, -0.2) is 0 Å². The number of benzene rings is 2. The molecule has 1 unspecified atom stereocenters. The van der Waals surface area contributed by atoms with E-state index in [2.05, 4.69) is 10.6 Å². The van der Waals surface area contributed by atoms with Gasteiger partial charge in [-0.2, -0.15) is 0 Å². The van der Waals surface area contributed by atoms with Gasteiger partial charge in [0.2, 0.25) is 11.8 Å². The van der Waals surface area contributed by atoms with Crippen LogP contribution < -0.4 is 16.4 Å². The number of ketones is 1. The minimum atomic E-state index is -0.642. The van der Waals surface area contributed by atoms with Gasteiger partial charge in [-0.1, -0.05) is 11.6 Å². The van der Waals surface area contributed by atoms with Gasteiger partial charge in [0, 0.05) is 16.9 Å². The predicted molar refractivity (Wildman–Crippen MR) is 98.1 cm³/mol. The van der Waals surface area contributed by atoms with Crippen LogP contribution in [0, 0.1) is 0 Å². The van der Waals surface area contributed by atoms with Gasteiger partial charge in [-0.05, 0) is 56.3 Å². The minimum absolute atomic E-state index is 0.0408. The number of Topliss-reactive ketones (excluding diaryl/α,β-unsaturated/α-hetero) is 1. The van der Waals surface area contributed by atoms with Crippen molar-refractivity contribution in [3.05, 3.63) is 58.6 Å². The lowest BCUT2D eigenvalue weighted by Crippen LogP contribution is -2.32. The van der Waals surface area contributed by atoms with Gasteiger partial charge in [0.25, 0.3) is 0 Å². The highest BCUT2D eigenvalue weighted by Gasteiger charge is 2.15. The number of carbonyl (C=O) groups excluding carboxylic acids is 3. The van der Waals surface area contributed by atoms with E-state index < -0.39 is 11.9 Å². The highest BCUT2D eigenvalue weighted by atomic mass is 35.5. The number of rotatable bonds is 6. The molecule has 0 heterocycles. The third-order valence-corrected chi connectivity index (χ3v) is 3.90. The molecule has 0 saturated heterocycles. The highest BCUT2D eigenvalue weighted by Crippen LogP contribution is 2.21. The van der Waals surface area contributed by atoms with Gasteiger partial charge < -0.3 is 16.4 Å². The van der Waals surface area contributed by atoms with Crippen LogP contribution in [-0.4, -0.2) is 23.6 Å².